The van der Waals surface area contributed by atoms with Crippen LogP contribution in [0.4, 0.5) is 4.39 Å². The van der Waals surface area contributed by atoms with Crippen molar-refractivity contribution < 1.29 is 14.2 Å². The number of hydrogen-bond donors (Lipinski definition) is 2. The summed E-state index contributed by atoms with van der Waals surface area (Å²) >= 11 is 0. The fourth-order valence-corrected chi connectivity index (χ4v) is 1.83. The molecule has 1 aromatic carbocycles. The van der Waals surface area contributed by atoms with Crippen LogP contribution in [-0.2, 0) is 0 Å². The molecule has 0 aromatic heterocycles. The second-order valence-corrected chi connectivity index (χ2v) is 4.42. The van der Waals surface area contributed by atoms with Gasteiger partial charge in [0.1, 0.15) is 11.6 Å². The van der Waals surface area contributed by atoms with Crippen molar-refractivity contribution in [2.24, 2.45) is 0 Å². The molecule has 4 heteroatoms. The number of methoxy groups -OCH3 is 1. The topological polar surface area (TPSA) is 41.5 Å². The number of benzene rings is 1. The summed E-state index contributed by atoms with van der Waals surface area (Å²) < 4.78 is 18.2. The number of aliphatic hydroxyl groups is 1. The van der Waals surface area contributed by atoms with Gasteiger partial charge in [0.25, 0.3) is 0 Å². The average Bonchev–Trinajstić information content (AvgIpc) is 3.13. The SMILES string of the molecule is COc1ccc(F)cc1C(O)CCNC1CC1. The molecule has 2 N–H and O–H groups in total. The van der Waals surface area contributed by atoms with Crippen LogP contribution in [0.25, 0.3) is 0 Å². The quantitative estimate of drug-likeness (QED) is 0.798. The van der Waals surface area contributed by atoms with Gasteiger partial charge in [-0.15, -0.1) is 0 Å². The molecule has 1 fully saturated rings. The van der Waals surface area contributed by atoms with Crippen LogP contribution in [0.5, 0.6) is 5.75 Å². The van der Waals surface area contributed by atoms with Crippen molar-refractivity contribution >= 4 is 0 Å². The maximum atomic E-state index is 13.1. The highest BCUT2D eigenvalue weighted by Crippen LogP contribution is 2.28. The molecule has 1 aliphatic rings. The van der Waals surface area contributed by atoms with Crippen molar-refractivity contribution in [2.45, 2.75) is 31.4 Å². The van der Waals surface area contributed by atoms with Crippen LogP contribution in [0.3, 0.4) is 0 Å². The van der Waals surface area contributed by atoms with Crippen molar-refractivity contribution in [1.29, 1.82) is 0 Å². The first kappa shape index (κ1) is 12.3. The minimum Gasteiger partial charge on any atom is -0.496 e. The Kier molecular flexibility index (Phi) is 3.97. The molecule has 94 valence electrons. The van der Waals surface area contributed by atoms with Gasteiger partial charge in [0.15, 0.2) is 0 Å². The van der Waals surface area contributed by atoms with Crippen molar-refractivity contribution in [2.75, 3.05) is 13.7 Å². The Morgan fingerprint density at radius 3 is 2.94 bits per heavy atom. The minimum atomic E-state index is -0.688. The average molecular weight is 239 g/mol. The molecule has 3 nitrogen and oxygen atoms in total. The molecule has 1 unspecified atom stereocenters. The smallest absolute Gasteiger partial charge is 0.124 e. The van der Waals surface area contributed by atoms with Gasteiger partial charge in [0.2, 0.25) is 0 Å². The van der Waals surface area contributed by atoms with Crippen LogP contribution >= 0.6 is 0 Å². The highest BCUT2D eigenvalue weighted by Gasteiger charge is 2.21. The van der Waals surface area contributed by atoms with E-state index in [1.165, 1.54) is 32.1 Å². The van der Waals surface area contributed by atoms with Gasteiger partial charge >= 0.3 is 0 Å². The van der Waals surface area contributed by atoms with Crippen LogP contribution in [-0.4, -0.2) is 24.8 Å². The fraction of sp³-hybridized carbons (Fsp3) is 0.538. The number of aliphatic hydroxyl groups excluding tert-OH is 1. The molecule has 0 amide bonds. The van der Waals surface area contributed by atoms with Crippen molar-refractivity contribution in [3.05, 3.63) is 29.6 Å². The third-order valence-electron chi connectivity index (χ3n) is 2.98. The Labute approximate surface area is 101 Å². The molecule has 0 radical (unpaired) electrons. The standard InChI is InChI=1S/C13H18FNO2/c1-17-13-5-2-9(14)8-11(13)12(16)6-7-15-10-3-4-10/h2,5,8,10,12,15-16H,3-4,6-7H2,1H3. The third kappa shape index (κ3) is 3.41. The number of halogens is 1. The Morgan fingerprint density at radius 2 is 2.29 bits per heavy atom. The number of ether oxygens (including phenoxy) is 1. The summed E-state index contributed by atoms with van der Waals surface area (Å²) in [5.41, 5.74) is 0.519. The zero-order chi connectivity index (χ0) is 12.3. The van der Waals surface area contributed by atoms with Crippen LogP contribution in [0.2, 0.25) is 0 Å². The first-order valence-corrected chi connectivity index (χ1v) is 5.95. The highest BCUT2D eigenvalue weighted by atomic mass is 19.1. The Morgan fingerprint density at radius 1 is 1.53 bits per heavy atom. The van der Waals surface area contributed by atoms with E-state index in [0.717, 1.165) is 6.54 Å². The van der Waals surface area contributed by atoms with E-state index >= 15 is 0 Å². The molecule has 17 heavy (non-hydrogen) atoms. The van der Waals surface area contributed by atoms with E-state index in [-0.39, 0.29) is 5.82 Å². The van der Waals surface area contributed by atoms with E-state index in [0.29, 0.717) is 23.8 Å². The van der Waals surface area contributed by atoms with Crippen LogP contribution in [0.1, 0.15) is 30.9 Å². The van der Waals surface area contributed by atoms with E-state index in [9.17, 15) is 9.50 Å². The summed E-state index contributed by atoms with van der Waals surface area (Å²) in [5, 5.41) is 13.3. The molecule has 0 heterocycles. The third-order valence-corrected chi connectivity index (χ3v) is 2.98. The monoisotopic (exact) mass is 239 g/mol. The van der Waals surface area contributed by atoms with Gasteiger partial charge in [0.05, 0.1) is 13.2 Å². The molecule has 1 aliphatic carbocycles. The summed E-state index contributed by atoms with van der Waals surface area (Å²) in [6.45, 7) is 0.742. The Bertz CT molecular complexity index is 380. The lowest BCUT2D eigenvalue weighted by molar-refractivity contribution is 0.162. The van der Waals surface area contributed by atoms with Crippen molar-refractivity contribution in [3.8, 4) is 5.75 Å². The van der Waals surface area contributed by atoms with Crippen LogP contribution in [0, 0.1) is 5.82 Å². The number of nitrogens with one attached hydrogen (secondary N) is 1. The van der Waals surface area contributed by atoms with E-state index < -0.39 is 6.10 Å². The molecule has 0 bridgehead atoms. The van der Waals surface area contributed by atoms with E-state index in [4.69, 9.17) is 4.74 Å². The van der Waals surface area contributed by atoms with Gasteiger partial charge in [0, 0.05) is 11.6 Å². The summed E-state index contributed by atoms with van der Waals surface area (Å²) in [6.07, 6.45) is 2.32. The first-order chi connectivity index (χ1) is 8.20. The van der Waals surface area contributed by atoms with Crippen LogP contribution in [0.15, 0.2) is 18.2 Å². The van der Waals surface area contributed by atoms with E-state index in [1.807, 2.05) is 0 Å². The lowest BCUT2D eigenvalue weighted by atomic mass is 10.1. The highest BCUT2D eigenvalue weighted by molar-refractivity contribution is 5.35. The summed E-state index contributed by atoms with van der Waals surface area (Å²) in [5.74, 6) is 0.181. The molecular weight excluding hydrogens is 221 g/mol. The van der Waals surface area contributed by atoms with Gasteiger partial charge < -0.3 is 15.2 Å². The molecule has 1 saturated carbocycles. The second kappa shape index (κ2) is 5.47. The predicted octanol–water partition coefficient (Wildman–Crippen LogP) is 2.01. The van der Waals surface area contributed by atoms with E-state index in [1.54, 1.807) is 6.07 Å². The molecule has 0 saturated heterocycles. The Balaban J connectivity index is 1.95. The maximum Gasteiger partial charge on any atom is 0.124 e. The van der Waals surface area contributed by atoms with Crippen LogP contribution < -0.4 is 10.1 Å². The molecule has 0 spiro atoms. The zero-order valence-corrected chi connectivity index (χ0v) is 9.95. The zero-order valence-electron chi connectivity index (χ0n) is 9.95. The normalized spacial score (nSPS) is 16.9. The van der Waals surface area contributed by atoms with Crippen molar-refractivity contribution in [1.82, 2.24) is 5.32 Å². The second-order valence-electron chi connectivity index (χ2n) is 4.42. The first-order valence-electron chi connectivity index (χ1n) is 5.95. The predicted molar refractivity (Wildman–Crippen MR) is 63.6 cm³/mol. The molecule has 1 atom stereocenters. The lowest BCUT2D eigenvalue weighted by Crippen LogP contribution is -2.19. The summed E-state index contributed by atoms with van der Waals surface area (Å²) in [7, 11) is 1.52. The molecular formula is C13H18FNO2. The number of rotatable bonds is 6. The fourth-order valence-electron chi connectivity index (χ4n) is 1.83. The van der Waals surface area contributed by atoms with Gasteiger partial charge in [-0.3, -0.25) is 0 Å². The van der Waals surface area contributed by atoms with E-state index in [2.05, 4.69) is 5.32 Å². The molecule has 0 aliphatic heterocycles. The maximum absolute atomic E-state index is 13.1. The molecule has 1 aromatic rings. The van der Waals surface area contributed by atoms with Gasteiger partial charge in [-0.1, -0.05) is 0 Å². The largest absolute Gasteiger partial charge is 0.496 e. The van der Waals surface area contributed by atoms with Gasteiger partial charge in [-0.2, -0.15) is 0 Å². The molecule has 2 rings (SSSR count). The summed E-state index contributed by atoms with van der Waals surface area (Å²) in [6, 6.07) is 4.83. The van der Waals surface area contributed by atoms with Gasteiger partial charge in [-0.05, 0) is 44.0 Å². The summed E-state index contributed by atoms with van der Waals surface area (Å²) in [4.78, 5) is 0. The number of hydrogen-bond acceptors (Lipinski definition) is 3. The van der Waals surface area contributed by atoms with Gasteiger partial charge in [-0.25, -0.2) is 4.39 Å². The Hall–Kier alpha value is -1.13. The minimum absolute atomic E-state index is 0.352. The lowest BCUT2D eigenvalue weighted by Gasteiger charge is -2.15. The van der Waals surface area contributed by atoms with Crippen molar-refractivity contribution in [3.63, 3.8) is 0 Å².